The van der Waals surface area contributed by atoms with Crippen LogP contribution in [0.5, 0.6) is 46.0 Å². The van der Waals surface area contributed by atoms with Gasteiger partial charge in [0.05, 0.1) is 28.4 Å². The Morgan fingerprint density at radius 2 is 0.539 bits per heavy atom. The molecule has 0 radical (unpaired) electrons. The van der Waals surface area contributed by atoms with Gasteiger partial charge >= 0.3 is 17.1 Å². The van der Waals surface area contributed by atoms with Crippen LogP contribution in [-0.2, 0) is 65.2 Å². The van der Waals surface area contributed by atoms with Crippen LogP contribution in [0.15, 0.2) is 72.8 Å². The van der Waals surface area contributed by atoms with Crippen molar-refractivity contribution in [1.82, 2.24) is 0 Å². The fraction of sp³-hybridized carbons (Fsp3) is 0.513. The van der Waals surface area contributed by atoms with Gasteiger partial charge in [-0.05, 0) is 171 Å². The number of fused-ring (bicyclic) bond motifs is 2. The Morgan fingerprint density at radius 1 is 0.360 bits per heavy atom. The smallest absolute Gasteiger partial charge is 0.550 e. The molecule has 10 nitrogen and oxygen atoms in total. The van der Waals surface area contributed by atoms with Crippen LogP contribution in [0.1, 0.15) is 218 Å². The van der Waals surface area contributed by atoms with E-state index in [1.807, 2.05) is 28.4 Å². The number of aliphatic carboxylic acids is 1. The Labute approximate surface area is 548 Å². The first kappa shape index (κ1) is 72.6. The summed E-state index contributed by atoms with van der Waals surface area (Å²) in [7, 11) is 4.29. The molecular formula is C76H103CuO10P2. The van der Waals surface area contributed by atoms with Gasteiger partial charge in [0, 0.05) is 61.6 Å². The van der Waals surface area contributed by atoms with E-state index in [9.17, 15) is 0 Å². The van der Waals surface area contributed by atoms with Gasteiger partial charge in [-0.1, -0.05) is 166 Å². The van der Waals surface area contributed by atoms with Crippen molar-refractivity contribution in [3.63, 3.8) is 0 Å². The van der Waals surface area contributed by atoms with E-state index < -0.39 is 21.8 Å². The minimum Gasteiger partial charge on any atom is -0.550 e. The van der Waals surface area contributed by atoms with Gasteiger partial charge in [-0.2, -0.15) is 0 Å². The first-order valence-corrected chi connectivity index (χ1v) is 33.5. The van der Waals surface area contributed by atoms with Gasteiger partial charge in [0.2, 0.25) is 13.6 Å². The van der Waals surface area contributed by atoms with E-state index in [4.69, 9.17) is 47.8 Å². The van der Waals surface area contributed by atoms with E-state index in [1.165, 1.54) is 21.2 Å². The van der Waals surface area contributed by atoms with Gasteiger partial charge in [0.15, 0.2) is 23.0 Å². The van der Waals surface area contributed by atoms with Gasteiger partial charge in [0.1, 0.15) is 23.0 Å². The Kier molecular flexibility index (Phi) is 21.2. The fourth-order valence-electron chi connectivity index (χ4n) is 11.9. The number of carbonyl (C=O) groups is 1. The molecule has 0 aromatic heterocycles. The SMILES string of the molecule is CC(=O)[O-].COc1c(C(C)(C)C)cc(P(c2cc(C(C)(C)C)c(OC)c(C(C)(C)C)c2)c2ccc3c(c2-c2c(P(c4cc(C(C)(C)C)c(OC)c(C(C)(C)C)c4)c4cc(C(C)(C)C)c(OC)c(C(C)(C)C)c4)ccc4c2OCO4)OCO3)cc1C(C)(C)C.[Cu+]. The summed E-state index contributed by atoms with van der Waals surface area (Å²) in [6, 6.07) is 28.4. The molecule has 8 rings (SSSR count). The number of methoxy groups -OCH3 is 4. The molecule has 0 atom stereocenters. The molecule has 0 aliphatic carbocycles. The van der Waals surface area contributed by atoms with E-state index >= 15 is 0 Å². The van der Waals surface area contributed by atoms with E-state index in [0.717, 1.165) is 96.2 Å². The number of carboxylic acid groups (broad SMARTS) is 1. The molecule has 0 bridgehead atoms. The summed E-state index contributed by atoms with van der Waals surface area (Å²) in [5, 5.41) is 15.9. The quantitative estimate of drug-likeness (QED) is 0.0918. The van der Waals surface area contributed by atoms with Crippen LogP contribution in [0, 0.1) is 0 Å². The molecule has 0 saturated carbocycles. The molecule has 0 spiro atoms. The monoisotopic (exact) mass is 1300 g/mol. The summed E-state index contributed by atoms with van der Waals surface area (Å²) in [4.78, 5) is 8.89. The van der Waals surface area contributed by atoms with Gasteiger partial charge in [-0.15, -0.1) is 0 Å². The van der Waals surface area contributed by atoms with Gasteiger partial charge in [0.25, 0.3) is 0 Å². The molecule has 0 amide bonds. The van der Waals surface area contributed by atoms with E-state index in [1.54, 1.807) is 0 Å². The molecule has 2 aliphatic heterocycles. The van der Waals surface area contributed by atoms with E-state index in [-0.39, 0.29) is 74.0 Å². The van der Waals surface area contributed by atoms with Crippen LogP contribution in [0.4, 0.5) is 0 Å². The molecule has 488 valence electrons. The minimum atomic E-state index is -1.50. The third-order valence-corrected chi connectivity index (χ3v) is 21.2. The van der Waals surface area contributed by atoms with Gasteiger partial charge in [-0.3, -0.25) is 0 Å². The summed E-state index contributed by atoms with van der Waals surface area (Å²) >= 11 is 0. The van der Waals surface area contributed by atoms with E-state index in [2.05, 4.69) is 239 Å². The molecule has 13 heteroatoms. The number of ether oxygens (including phenoxy) is 8. The average Bonchev–Trinajstić information content (AvgIpc) is 1.63. The Morgan fingerprint density at radius 3 is 0.697 bits per heavy atom. The number of hydrogen-bond donors (Lipinski definition) is 0. The van der Waals surface area contributed by atoms with Crippen LogP contribution in [0.25, 0.3) is 11.1 Å². The molecule has 6 aromatic carbocycles. The predicted molar refractivity (Wildman–Crippen MR) is 368 cm³/mol. The molecule has 2 aliphatic rings. The topological polar surface area (TPSA) is 114 Å². The Bertz CT molecular complexity index is 3060. The number of hydrogen-bond acceptors (Lipinski definition) is 10. The van der Waals surface area contributed by atoms with Crippen LogP contribution in [0.2, 0.25) is 0 Å². The Balaban J connectivity index is 0.00000245. The van der Waals surface area contributed by atoms with Crippen LogP contribution in [-0.4, -0.2) is 48.0 Å². The second kappa shape index (κ2) is 25.9. The van der Waals surface area contributed by atoms with Gasteiger partial charge < -0.3 is 47.8 Å². The van der Waals surface area contributed by atoms with Crippen molar-refractivity contribution in [2.24, 2.45) is 0 Å². The second-order valence-corrected chi connectivity index (χ2v) is 36.2. The van der Waals surface area contributed by atoms with Crippen molar-refractivity contribution < 1.29 is 64.9 Å². The maximum absolute atomic E-state index is 8.89. The zero-order chi connectivity index (χ0) is 66.1. The molecular weight excluding hydrogens is 1200 g/mol. The summed E-state index contributed by atoms with van der Waals surface area (Å²) in [5.74, 6) is 5.34. The number of carboxylic acids is 1. The van der Waals surface area contributed by atoms with Gasteiger partial charge in [-0.25, -0.2) is 0 Å². The number of carbonyl (C=O) groups excluding carboxylic acids is 1. The summed E-state index contributed by atoms with van der Waals surface area (Å²) in [6.07, 6.45) is 0. The minimum absolute atomic E-state index is 0. The third kappa shape index (κ3) is 15.1. The fourth-order valence-corrected chi connectivity index (χ4v) is 17.0. The first-order valence-electron chi connectivity index (χ1n) is 30.9. The zero-order valence-corrected chi connectivity index (χ0v) is 61.9. The molecule has 89 heavy (non-hydrogen) atoms. The first-order chi connectivity index (χ1) is 40.3. The largest absolute Gasteiger partial charge is 1.00 e. The summed E-state index contributed by atoms with van der Waals surface area (Å²) in [5.41, 5.74) is 8.79. The van der Waals surface area contributed by atoms with Crippen molar-refractivity contribution in [1.29, 1.82) is 0 Å². The Hall–Kier alpha value is -5.43. The van der Waals surface area contributed by atoms with Crippen LogP contribution in [0.3, 0.4) is 0 Å². The maximum atomic E-state index is 8.89. The number of benzene rings is 6. The molecule has 0 saturated heterocycles. The zero-order valence-electron chi connectivity index (χ0n) is 59.1. The molecule has 6 aromatic rings. The standard InChI is InChI=1S/C74H100O8P2.C2H4O2.Cu/c1-67(2,3)47-33-43(34-48(61(47)75-25)68(4,5)6)83(44-35-49(69(7,8)9)62(76-26)50(36-44)70(10,11)12)57-31-29-55-65(81-41-79-55)59(57)60-58(32-30-56-66(60)82-42-80-56)84(45-37-51(71(13,14)15)63(77-27)52(38-45)72(16,17)18)46-39-53(73(19,20)21)64(78-28)54(40-46)74(22,23)24;1-2(3)4;/h29-40H,41-42H2,1-28H3;1H3,(H,3,4);/q;;+1/p-1. The molecule has 0 N–H and O–H groups in total. The second-order valence-electron chi connectivity index (χ2n) is 31.8. The molecule has 0 unspecified atom stereocenters. The van der Waals surface area contributed by atoms with Crippen molar-refractivity contribution in [2.45, 2.75) is 216 Å². The van der Waals surface area contributed by atoms with Crippen LogP contribution < -0.4 is 74.8 Å². The number of rotatable bonds is 11. The van der Waals surface area contributed by atoms with Crippen LogP contribution >= 0.6 is 15.8 Å². The van der Waals surface area contributed by atoms with Crippen molar-refractivity contribution in [3.8, 4) is 57.1 Å². The predicted octanol–water partition coefficient (Wildman–Crippen LogP) is 15.5. The van der Waals surface area contributed by atoms with Crippen molar-refractivity contribution in [3.05, 3.63) is 117 Å². The summed E-state index contributed by atoms with van der Waals surface area (Å²) in [6.45, 7) is 56.2. The van der Waals surface area contributed by atoms with Crippen molar-refractivity contribution >= 4 is 53.6 Å². The molecule has 0 fully saturated rings. The van der Waals surface area contributed by atoms with E-state index in [0.29, 0.717) is 23.0 Å². The third-order valence-electron chi connectivity index (χ3n) is 16.4. The maximum Gasteiger partial charge on any atom is 1.00 e. The normalized spacial score (nSPS) is 13.7. The molecule has 2 heterocycles. The summed E-state index contributed by atoms with van der Waals surface area (Å²) < 4.78 is 53.1. The average molecular weight is 1300 g/mol. The van der Waals surface area contributed by atoms with Crippen molar-refractivity contribution in [2.75, 3.05) is 42.0 Å².